The van der Waals surface area contributed by atoms with Crippen molar-refractivity contribution in [1.82, 2.24) is 14.5 Å². The van der Waals surface area contributed by atoms with E-state index in [-0.39, 0.29) is 18.4 Å². The first-order chi connectivity index (χ1) is 16.2. The number of nitrogens with one attached hydrogen (secondary N) is 1. The van der Waals surface area contributed by atoms with Crippen LogP contribution in [0.15, 0.2) is 85.2 Å². The van der Waals surface area contributed by atoms with E-state index in [1.54, 1.807) is 6.20 Å². The van der Waals surface area contributed by atoms with Gasteiger partial charge < -0.3 is 19.7 Å². The Hall–Kier alpha value is -4.13. The van der Waals surface area contributed by atoms with Crippen LogP contribution in [0.2, 0.25) is 0 Å². The highest BCUT2D eigenvalue weighted by molar-refractivity contribution is 6.08. The van der Waals surface area contributed by atoms with Crippen molar-refractivity contribution < 1.29 is 9.59 Å². The van der Waals surface area contributed by atoms with E-state index in [1.807, 2.05) is 88.5 Å². The molecule has 0 saturated carbocycles. The van der Waals surface area contributed by atoms with Crippen LogP contribution in [0.3, 0.4) is 0 Å². The predicted octanol–water partition coefficient (Wildman–Crippen LogP) is 3.64. The van der Waals surface area contributed by atoms with E-state index in [9.17, 15) is 9.59 Å². The molecule has 33 heavy (non-hydrogen) atoms. The Labute approximate surface area is 192 Å². The fourth-order valence-corrected chi connectivity index (χ4v) is 4.25. The van der Waals surface area contributed by atoms with Gasteiger partial charge in [0, 0.05) is 55.3 Å². The van der Waals surface area contributed by atoms with Gasteiger partial charge in [-0.25, -0.2) is 4.98 Å². The number of para-hydroxylation sites is 2. The van der Waals surface area contributed by atoms with Crippen LogP contribution in [0, 0.1) is 0 Å². The van der Waals surface area contributed by atoms with Crippen molar-refractivity contribution in [2.75, 3.05) is 36.4 Å². The fourth-order valence-electron chi connectivity index (χ4n) is 4.25. The maximum absolute atomic E-state index is 12.9. The molecule has 0 spiro atoms. The summed E-state index contributed by atoms with van der Waals surface area (Å²) in [5.74, 6) is -0.0600. The molecule has 0 bridgehead atoms. The first kappa shape index (κ1) is 20.8. The molecule has 166 valence electrons. The Morgan fingerprint density at radius 2 is 1.61 bits per heavy atom. The summed E-state index contributed by atoms with van der Waals surface area (Å²) in [5, 5.41) is 3.99. The summed E-state index contributed by atoms with van der Waals surface area (Å²) >= 11 is 0. The normalized spacial score (nSPS) is 13.8. The van der Waals surface area contributed by atoms with Gasteiger partial charge in [0.15, 0.2) is 0 Å². The van der Waals surface area contributed by atoms with Gasteiger partial charge in [0.25, 0.3) is 5.91 Å². The number of rotatable bonds is 5. The molecule has 0 unspecified atom stereocenters. The van der Waals surface area contributed by atoms with E-state index in [4.69, 9.17) is 0 Å². The molecule has 0 aliphatic carbocycles. The lowest BCUT2D eigenvalue weighted by atomic mass is 10.1. The van der Waals surface area contributed by atoms with E-state index in [0.717, 1.165) is 22.4 Å². The van der Waals surface area contributed by atoms with Crippen LogP contribution >= 0.6 is 0 Å². The van der Waals surface area contributed by atoms with Gasteiger partial charge >= 0.3 is 0 Å². The van der Waals surface area contributed by atoms with Crippen LogP contribution in [0.25, 0.3) is 11.0 Å². The minimum absolute atomic E-state index is 0.0768. The van der Waals surface area contributed by atoms with Crippen LogP contribution in [-0.2, 0) is 11.3 Å². The zero-order chi connectivity index (χ0) is 22.6. The number of carbonyl (C=O) groups excluding carboxylic acids is 2. The summed E-state index contributed by atoms with van der Waals surface area (Å²) in [7, 11) is 0. The highest BCUT2D eigenvalue weighted by Gasteiger charge is 2.24. The topological polar surface area (TPSA) is 70.5 Å². The highest BCUT2D eigenvalue weighted by atomic mass is 16.2. The molecule has 1 N–H and O–H groups in total. The molecule has 4 aromatic rings. The molecule has 0 radical (unpaired) electrons. The molecule has 5 rings (SSSR count). The van der Waals surface area contributed by atoms with E-state index in [2.05, 4.69) is 15.2 Å². The summed E-state index contributed by atoms with van der Waals surface area (Å²) in [4.78, 5) is 34.3. The van der Waals surface area contributed by atoms with Crippen LogP contribution in [0.5, 0.6) is 0 Å². The maximum Gasteiger partial charge on any atom is 0.257 e. The number of nitrogens with zero attached hydrogens (tertiary/aromatic N) is 4. The lowest BCUT2D eigenvalue weighted by molar-refractivity contribution is -0.132. The van der Waals surface area contributed by atoms with E-state index < -0.39 is 0 Å². The second-order valence-electron chi connectivity index (χ2n) is 8.07. The van der Waals surface area contributed by atoms with E-state index in [1.165, 1.54) is 0 Å². The molecule has 1 aliphatic rings. The van der Waals surface area contributed by atoms with Crippen LogP contribution in [0.1, 0.15) is 10.4 Å². The summed E-state index contributed by atoms with van der Waals surface area (Å²) in [6.45, 7) is 2.84. The SMILES string of the molecule is O=C(Nc1ccccc1)c1ccccc1N1CCN(C(=O)Cn2ccc3cccnc32)CC1. The predicted molar refractivity (Wildman–Crippen MR) is 129 cm³/mol. The average molecular weight is 440 g/mol. The first-order valence-corrected chi connectivity index (χ1v) is 11.1. The fraction of sp³-hybridized carbons (Fsp3) is 0.192. The lowest BCUT2D eigenvalue weighted by Gasteiger charge is -2.37. The smallest absolute Gasteiger partial charge is 0.257 e. The second-order valence-corrected chi connectivity index (χ2v) is 8.07. The number of piperazine rings is 1. The van der Waals surface area contributed by atoms with Gasteiger partial charge in [0.05, 0.1) is 5.56 Å². The van der Waals surface area contributed by atoms with Gasteiger partial charge in [-0.05, 0) is 42.5 Å². The molecule has 7 nitrogen and oxygen atoms in total. The maximum atomic E-state index is 12.9. The van der Waals surface area contributed by atoms with Gasteiger partial charge in [-0.3, -0.25) is 9.59 Å². The molecule has 3 heterocycles. The quantitative estimate of drug-likeness (QED) is 0.516. The Morgan fingerprint density at radius 3 is 2.42 bits per heavy atom. The van der Waals surface area contributed by atoms with Crippen molar-refractivity contribution in [2.45, 2.75) is 6.54 Å². The standard InChI is InChI=1S/C26H25N5O2/c32-24(19-31-14-12-20-7-6-13-27-25(20)31)30-17-15-29(16-18-30)23-11-5-4-10-22(23)26(33)28-21-8-2-1-3-9-21/h1-14H,15-19H2,(H,28,33). The number of aromatic nitrogens is 2. The molecule has 2 amide bonds. The van der Waals surface area contributed by atoms with Crippen LogP contribution < -0.4 is 10.2 Å². The summed E-state index contributed by atoms with van der Waals surface area (Å²) in [6, 6.07) is 22.9. The van der Waals surface area contributed by atoms with Crippen molar-refractivity contribution in [3.8, 4) is 0 Å². The number of hydrogen-bond donors (Lipinski definition) is 1. The monoisotopic (exact) mass is 439 g/mol. The molecular formula is C26H25N5O2. The second kappa shape index (κ2) is 9.16. The van der Waals surface area contributed by atoms with Crippen molar-refractivity contribution >= 4 is 34.2 Å². The summed E-state index contributed by atoms with van der Waals surface area (Å²) in [5.41, 5.74) is 3.10. The molecule has 0 atom stereocenters. The van der Waals surface area contributed by atoms with Gasteiger partial charge in [-0.1, -0.05) is 30.3 Å². The molecule has 7 heteroatoms. The van der Waals surface area contributed by atoms with Crippen LogP contribution in [0.4, 0.5) is 11.4 Å². The lowest BCUT2D eigenvalue weighted by Crippen LogP contribution is -2.50. The number of hydrogen-bond acceptors (Lipinski definition) is 4. The molecule has 1 aliphatic heterocycles. The minimum Gasteiger partial charge on any atom is -0.367 e. The van der Waals surface area contributed by atoms with Crippen LogP contribution in [-0.4, -0.2) is 52.4 Å². The Bertz CT molecular complexity index is 1280. The molecule has 2 aromatic carbocycles. The third-order valence-corrected chi connectivity index (χ3v) is 5.98. The molecule has 1 fully saturated rings. The Kier molecular flexibility index (Phi) is 5.76. The van der Waals surface area contributed by atoms with Crippen molar-refractivity contribution in [3.63, 3.8) is 0 Å². The third-order valence-electron chi connectivity index (χ3n) is 5.98. The minimum atomic E-state index is -0.137. The van der Waals surface area contributed by atoms with E-state index in [0.29, 0.717) is 31.7 Å². The van der Waals surface area contributed by atoms with Gasteiger partial charge in [-0.2, -0.15) is 0 Å². The zero-order valence-corrected chi connectivity index (χ0v) is 18.2. The van der Waals surface area contributed by atoms with Gasteiger partial charge in [-0.15, -0.1) is 0 Å². The van der Waals surface area contributed by atoms with Gasteiger partial charge in [0.1, 0.15) is 12.2 Å². The number of carbonyl (C=O) groups is 2. The average Bonchev–Trinajstić information content (AvgIpc) is 3.27. The molecule has 1 saturated heterocycles. The van der Waals surface area contributed by atoms with Crippen molar-refractivity contribution in [2.24, 2.45) is 0 Å². The molecule has 2 aromatic heterocycles. The van der Waals surface area contributed by atoms with Crippen molar-refractivity contribution in [3.05, 3.63) is 90.8 Å². The summed E-state index contributed by atoms with van der Waals surface area (Å²) in [6.07, 6.45) is 3.65. The largest absolute Gasteiger partial charge is 0.367 e. The van der Waals surface area contributed by atoms with Gasteiger partial charge in [0.2, 0.25) is 5.91 Å². The number of amides is 2. The number of fused-ring (bicyclic) bond motifs is 1. The molecular weight excluding hydrogens is 414 g/mol. The number of anilines is 2. The van der Waals surface area contributed by atoms with E-state index >= 15 is 0 Å². The third kappa shape index (κ3) is 4.43. The number of pyridine rings is 1. The Morgan fingerprint density at radius 1 is 0.848 bits per heavy atom. The van der Waals surface area contributed by atoms with Crippen molar-refractivity contribution in [1.29, 1.82) is 0 Å². The number of benzene rings is 2. The highest BCUT2D eigenvalue weighted by Crippen LogP contribution is 2.23. The summed E-state index contributed by atoms with van der Waals surface area (Å²) < 4.78 is 1.90. The first-order valence-electron chi connectivity index (χ1n) is 11.1. The Balaban J connectivity index is 1.24. The zero-order valence-electron chi connectivity index (χ0n) is 18.2.